The first-order valence-corrected chi connectivity index (χ1v) is 7.31. The highest BCUT2D eigenvalue weighted by molar-refractivity contribution is 6.33. The summed E-state index contributed by atoms with van der Waals surface area (Å²) in [6, 6.07) is 5.48. The average molecular weight is 304 g/mol. The van der Waals surface area contributed by atoms with Crippen LogP contribution in [0.25, 0.3) is 0 Å². The maximum absolute atomic E-state index is 9.98. The van der Waals surface area contributed by atoms with E-state index < -0.39 is 0 Å². The standard InChI is InChI=1S/C15H23Cl2NO/c1-10(13-7-11(16)5-6-14(13)17)18-9-12(19)8-15(2,3)4/h5-7,10,12,18-19H,8-9H2,1-4H3. The van der Waals surface area contributed by atoms with Gasteiger partial charge in [-0.2, -0.15) is 0 Å². The van der Waals surface area contributed by atoms with Crippen molar-refractivity contribution in [3.05, 3.63) is 33.8 Å². The van der Waals surface area contributed by atoms with Crippen LogP contribution in [0.4, 0.5) is 0 Å². The molecule has 0 bridgehead atoms. The Labute approximate surface area is 126 Å². The van der Waals surface area contributed by atoms with E-state index >= 15 is 0 Å². The zero-order valence-electron chi connectivity index (χ0n) is 12.0. The Balaban J connectivity index is 2.56. The molecule has 0 fully saturated rings. The molecule has 0 spiro atoms. The molecule has 19 heavy (non-hydrogen) atoms. The monoisotopic (exact) mass is 303 g/mol. The summed E-state index contributed by atoms with van der Waals surface area (Å²) in [5, 5.41) is 14.6. The lowest BCUT2D eigenvalue weighted by Crippen LogP contribution is -2.31. The molecule has 2 N–H and O–H groups in total. The molecular formula is C15H23Cl2NO. The second-order valence-electron chi connectivity index (χ2n) is 6.21. The molecular weight excluding hydrogens is 281 g/mol. The van der Waals surface area contributed by atoms with Crippen molar-refractivity contribution in [3.8, 4) is 0 Å². The summed E-state index contributed by atoms with van der Waals surface area (Å²) in [5.41, 5.74) is 1.08. The fraction of sp³-hybridized carbons (Fsp3) is 0.600. The molecule has 0 aliphatic carbocycles. The van der Waals surface area contributed by atoms with Crippen LogP contribution in [0.5, 0.6) is 0 Å². The molecule has 2 nitrogen and oxygen atoms in total. The van der Waals surface area contributed by atoms with Gasteiger partial charge in [0.25, 0.3) is 0 Å². The predicted octanol–water partition coefficient (Wildman–Crippen LogP) is 4.44. The van der Waals surface area contributed by atoms with Crippen molar-refractivity contribution in [1.29, 1.82) is 0 Å². The molecule has 0 saturated carbocycles. The van der Waals surface area contributed by atoms with Gasteiger partial charge in [-0.1, -0.05) is 44.0 Å². The summed E-state index contributed by atoms with van der Waals surface area (Å²) in [6.45, 7) is 8.91. The van der Waals surface area contributed by atoms with E-state index in [2.05, 4.69) is 26.1 Å². The van der Waals surface area contributed by atoms with Gasteiger partial charge in [0.15, 0.2) is 0 Å². The zero-order chi connectivity index (χ0) is 14.6. The minimum atomic E-state index is -0.361. The van der Waals surface area contributed by atoms with Gasteiger partial charge >= 0.3 is 0 Å². The van der Waals surface area contributed by atoms with Crippen molar-refractivity contribution in [2.45, 2.75) is 46.3 Å². The van der Waals surface area contributed by atoms with Crippen LogP contribution in [0.3, 0.4) is 0 Å². The van der Waals surface area contributed by atoms with Crippen LogP contribution in [-0.4, -0.2) is 17.8 Å². The van der Waals surface area contributed by atoms with Gasteiger partial charge in [0.05, 0.1) is 6.10 Å². The van der Waals surface area contributed by atoms with Gasteiger partial charge in [0.2, 0.25) is 0 Å². The van der Waals surface area contributed by atoms with E-state index in [1.54, 1.807) is 12.1 Å². The summed E-state index contributed by atoms with van der Waals surface area (Å²) >= 11 is 12.1. The highest BCUT2D eigenvalue weighted by Crippen LogP contribution is 2.26. The van der Waals surface area contributed by atoms with E-state index in [0.717, 1.165) is 12.0 Å². The predicted molar refractivity (Wildman–Crippen MR) is 83.0 cm³/mol. The molecule has 108 valence electrons. The lowest BCUT2D eigenvalue weighted by molar-refractivity contribution is 0.117. The third-order valence-electron chi connectivity index (χ3n) is 2.93. The maximum Gasteiger partial charge on any atom is 0.0669 e. The number of hydrogen-bond acceptors (Lipinski definition) is 2. The van der Waals surface area contributed by atoms with Crippen molar-refractivity contribution in [2.75, 3.05) is 6.54 Å². The molecule has 0 aromatic heterocycles. The number of halogens is 2. The van der Waals surface area contributed by atoms with Crippen LogP contribution in [0.2, 0.25) is 10.0 Å². The molecule has 1 aromatic carbocycles. The third kappa shape index (κ3) is 6.13. The summed E-state index contributed by atoms with van der Waals surface area (Å²) in [4.78, 5) is 0. The molecule has 1 aromatic rings. The van der Waals surface area contributed by atoms with Gasteiger partial charge in [0, 0.05) is 22.6 Å². The highest BCUT2D eigenvalue weighted by Gasteiger charge is 2.18. The minimum Gasteiger partial charge on any atom is -0.392 e. The van der Waals surface area contributed by atoms with E-state index in [1.807, 2.05) is 13.0 Å². The zero-order valence-corrected chi connectivity index (χ0v) is 13.5. The molecule has 0 radical (unpaired) electrons. The van der Waals surface area contributed by atoms with Gasteiger partial charge < -0.3 is 10.4 Å². The van der Waals surface area contributed by atoms with E-state index in [-0.39, 0.29) is 17.6 Å². The van der Waals surface area contributed by atoms with Gasteiger partial charge in [-0.15, -0.1) is 0 Å². The van der Waals surface area contributed by atoms with Crippen molar-refractivity contribution < 1.29 is 5.11 Å². The van der Waals surface area contributed by atoms with E-state index in [0.29, 0.717) is 16.6 Å². The Morgan fingerprint density at radius 2 is 1.89 bits per heavy atom. The Morgan fingerprint density at radius 3 is 2.47 bits per heavy atom. The number of rotatable bonds is 5. The van der Waals surface area contributed by atoms with Crippen LogP contribution in [-0.2, 0) is 0 Å². The van der Waals surface area contributed by atoms with E-state index in [1.165, 1.54) is 0 Å². The smallest absolute Gasteiger partial charge is 0.0669 e. The van der Waals surface area contributed by atoms with E-state index in [4.69, 9.17) is 23.2 Å². The Morgan fingerprint density at radius 1 is 1.26 bits per heavy atom. The number of aliphatic hydroxyl groups excluding tert-OH is 1. The summed E-state index contributed by atoms with van der Waals surface area (Å²) in [6.07, 6.45) is 0.399. The molecule has 2 atom stereocenters. The Kier molecular flexibility index (Phi) is 6.13. The molecule has 0 aliphatic heterocycles. The summed E-state index contributed by atoms with van der Waals surface area (Å²) in [7, 11) is 0. The van der Waals surface area contributed by atoms with Crippen molar-refractivity contribution >= 4 is 23.2 Å². The lowest BCUT2D eigenvalue weighted by atomic mass is 9.89. The first kappa shape index (κ1) is 16.8. The first-order chi connectivity index (χ1) is 8.69. The van der Waals surface area contributed by atoms with Crippen molar-refractivity contribution in [3.63, 3.8) is 0 Å². The quantitative estimate of drug-likeness (QED) is 0.843. The molecule has 0 amide bonds. The van der Waals surface area contributed by atoms with Gasteiger partial charge in [-0.3, -0.25) is 0 Å². The molecule has 0 aliphatic rings. The van der Waals surface area contributed by atoms with E-state index in [9.17, 15) is 5.11 Å². The number of nitrogens with one attached hydrogen (secondary N) is 1. The highest BCUT2D eigenvalue weighted by atomic mass is 35.5. The second-order valence-corrected chi connectivity index (χ2v) is 7.06. The largest absolute Gasteiger partial charge is 0.392 e. The fourth-order valence-corrected chi connectivity index (χ4v) is 2.51. The van der Waals surface area contributed by atoms with Gasteiger partial charge in [0.1, 0.15) is 0 Å². The molecule has 0 saturated heterocycles. The van der Waals surface area contributed by atoms with Crippen molar-refractivity contribution in [1.82, 2.24) is 5.32 Å². The maximum atomic E-state index is 9.98. The average Bonchev–Trinajstić information content (AvgIpc) is 2.27. The lowest BCUT2D eigenvalue weighted by Gasteiger charge is -2.24. The minimum absolute atomic E-state index is 0.0563. The van der Waals surface area contributed by atoms with Crippen LogP contribution < -0.4 is 5.32 Å². The molecule has 4 heteroatoms. The number of aliphatic hydroxyl groups is 1. The summed E-state index contributed by atoms with van der Waals surface area (Å²) < 4.78 is 0. The Hall–Kier alpha value is -0.280. The Bertz CT molecular complexity index is 415. The fourth-order valence-electron chi connectivity index (χ4n) is 2.05. The topological polar surface area (TPSA) is 32.3 Å². The normalized spacial score (nSPS) is 15.3. The molecule has 0 heterocycles. The van der Waals surface area contributed by atoms with Crippen LogP contribution >= 0.6 is 23.2 Å². The van der Waals surface area contributed by atoms with Gasteiger partial charge in [-0.25, -0.2) is 0 Å². The van der Waals surface area contributed by atoms with Crippen LogP contribution in [0.1, 0.15) is 45.7 Å². The SMILES string of the molecule is CC(NCC(O)CC(C)(C)C)c1cc(Cl)ccc1Cl. The third-order valence-corrected chi connectivity index (χ3v) is 3.51. The van der Waals surface area contributed by atoms with Crippen molar-refractivity contribution in [2.24, 2.45) is 5.41 Å². The van der Waals surface area contributed by atoms with Crippen LogP contribution in [0, 0.1) is 5.41 Å². The summed E-state index contributed by atoms with van der Waals surface area (Å²) in [5.74, 6) is 0. The molecule has 2 unspecified atom stereocenters. The number of hydrogen-bond donors (Lipinski definition) is 2. The van der Waals surface area contributed by atoms with Gasteiger partial charge in [-0.05, 0) is 42.5 Å². The van der Waals surface area contributed by atoms with Crippen LogP contribution in [0.15, 0.2) is 18.2 Å². The second kappa shape index (κ2) is 6.94. The first-order valence-electron chi connectivity index (χ1n) is 6.55. The molecule has 1 rings (SSSR count). The number of benzene rings is 1.